The van der Waals surface area contributed by atoms with Crippen molar-refractivity contribution >= 4 is 66.8 Å². The summed E-state index contributed by atoms with van der Waals surface area (Å²) in [6.45, 7) is 4.69. The van der Waals surface area contributed by atoms with E-state index in [9.17, 15) is 0 Å². The van der Waals surface area contributed by atoms with Gasteiger partial charge in [0, 0.05) is 44.5 Å². The molecule has 0 radical (unpaired) electrons. The van der Waals surface area contributed by atoms with Crippen molar-refractivity contribution in [3.05, 3.63) is 193 Å². The van der Waals surface area contributed by atoms with Gasteiger partial charge < -0.3 is 9.32 Å². The smallest absolute Gasteiger partial charge is 0.220 e. The van der Waals surface area contributed by atoms with E-state index in [0.29, 0.717) is 0 Å². The van der Waals surface area contributed by atoms with Gasteiger partial charge in [-0.05, 0) is 101 Å². The molecule has 0 atom stereocenters. The molecule has 0 N–H and O–H groups in total. The first-order valence-electron chi connectivity index (χ1n) is 19.6. The summed E-state index contributed by atoms with van der Waals surface area (Å²) in [4.78, 5) is 7.57. The molecule has 0 bridgehead atoms. The summed E-state index contributed by atoms with van der Waals surface area (Å²) in [5, 5.41) is 2.26. The van der Waals surface area contributed by atoms with Crippen LogP contribution in [0.15, 0.2) is 186 Å². The zero-order valence-electron chi connectivity index (χ0n) is 31.5. The second kappa shape index (κ2) is 11.8. The average Bonchev–Trinajstić information content (AvgIpc) is 3.98. The van der Waals surface area contributed by atoms with Crippen molar-refractivity contribution in [1.29, 1.82) is 0 Å². The Kier molecular flexibility index (Phi) is 6.62. The van der Waals surface area contributed by atoms with E-state index in [1.165, 1.54) is 22.3 Å². The molecule has 5 nitrogen and oxygen atoms in total. The van der Waals surface area contributed by atoms with Crippen LogP contribution < -0.4 is 4.90 Å². The first kappa shape index (κ1) is 31.9. The minimum atomic E-state index is -0.137. The van der Waals surface area contributed by atoms with E-state index in [0.717, 1.165) is 83.7 Å². The van der Waals surface area contributed by atoms with Crippen LogP contribution in [0.2, 0.25) is 0 Å². The maximum atomic E-state index is 6.46. The van der Waals surface area contributed by atoms with Gasteiger partial charge in [0.15, 0.2) is 0 Å². The molecule has 5 heteroatoms. The van der Waals surface area contributed by atoms with Crippen molar-refractivity contribution in [3.8, 4) is 27.9 Å². The standard InChI is InChI=1S/C52H36N4O/c1-52(2)43-19-8-6-15-39(43)40-29-27-36(31-44(40)52)54(35-25-23-33(24-26-35)38-17-12-18-42-41-16-7-11-22-49(41)57-50(38)42)37-28-30-47-48(32-37)56-46-21-10-9-20-45(46)53-51(56)55(47)34-13-4-3-5-14-34/h3-32H,1-2H3. The van der Waals surface area contributed by atoms with E-state index in [4.69, 9.17) is 9.40 Å². The average molecular weight is 733 g/mol. The Hall–Kier alpha value is -7.37. The van der Waals surface area contributed by atoms with E-state index in [1.54, 1.807) is 0 Å². The van der Waals surface area contributed by atoms with Crippen LogP contribution in [0.5, 0.6) is 0 Å². The molecule has 0 aliphatic heterocycles. The van der Waals surface area contributed by atoms with Crippen molar-refractivity contribution in [3.63, 3.8) is 0 Å². The predicted octanol–water partition coefficient (Wildman–Crippen LogP) is 13.8. The molecular formula is C52H36N4O. The molecule has 57 heavy (non-hydrogen) atoms. The molecule has 0 saturated carbocycles. The van der Waals surface area contributed by atoms with Crippen LogP contribution in [0.1, 0.15) is 25.0 Å². The third-order valence-corrected chi connectivity index (χ3v) is 12.1. The highest BCUT2D eigenvalue weighted by Crippen LogP contribution is 2.51. The summed E-state index contributed by atoms with van der Waals surface area (Å²) in [6, 6.07) is 65.2. The molecule has 1 aliphatic rings. The lowest BCUT2D eigenvalue weighted by Gasteiger charge is -2.28. The second-order valence-electron chi connectivity index (χ2n) is 15.6. The van der Waals surface area contributed by atoms with Crippen LogP contribution in [0, 0.1) is 0 Å². The van der Waals surface area contributed by atoms with Crippen molar-refractivity contribution in [2.24, 2.45) is 0 Å². The van der Waals surface area contributed by atoms with Gasteiger partial charge in [0.1, 0.15) is 11.2 Å². The number of imidazole rings is 2. The number of anilines is 3. The Morgan fingerprint density at radius 3 is 2.09 bits per heavy atom. The fourth-order valence-electron chi connectivity index (χ4n) is 9.40. The van der Waals surface area contributed by atoms with E-state index < -0.39 is 0 Å². The Morgan fingerprint density at radius 2 is 1.19 bits per heavy atom. The van der Waals surface area contributed by atoms with E-state index in [2.05, 4.69) is 198 Å². The summed E-state index contributed by atoms with van der Waals surface area (Å²) in [6.07, 6.45) is 0. The van der Waals surface area contributed by atoms with Gasteiger partial charge in [0.05, 0.1) is 22.1 Å². The molecule has 3 aromatic heterocycles. The molecule has 1 aliphatic carbocycles. The minimum Gasteiger partial charge on any atom is -0.455 e. The van der Waals surface area contributed by atoms with Crippen molar-refractivity contribution in [2.75, 3.05) is 4.90 Å². The van der Waals surface area contributed by atoms with E-state index >= 15 is 0 Å². The van der Waals surface area contributed by atoms with Crippen molar-refractivity contribution in [1.82, 2.24) is 14.0 Å². The highest BCUT2D eigenvalue weighted by atomic mass is 16.3. The molecule has 0 saturated heterocycles. The molecular weight excluding hydrogens is 697 g/mol. The number of rotatable bonds is 5. The molecule has 0 unspecified atom stereocenters. The lowest BCUT2D eigenvalue weighted by atomic mass is 9.82. The van der Waals surface area contributed by atoms with Gasteiger partial charge in [-0.1, -0.05) is 123 Å². The lowest BCUT2D eigenvalue weighted by Crippen LogP contribution is -2.16. The maximum absolute atomic E-state index is 6.46. The molecule has 0 spiro atoms. The maximum Gasteiger partial charge on any atom is 0.220 e. The predicted molar refractivity (Wildman–Crippen MR) is 234 cm³/mol. The highest BCUT2D eigenvalue weighted by Gasteiger charge is 2.36. The third-order valence-electron chi connectivity index (χ3n) is 12.1. The summed E-state index contributed by atoms with van der Waals surface area (Å²) >= 11 is 0. The van der Waals surface area contributed by atoms with Gasteiger partial charge in [-0.15, -0.1) is 0 Å². The van der Waals surface area contributed by atoms with Gasteiger partial charge in [0.25, 0.3) is 0 Å². The molecule has 8 aromatic carbocycles. The number of para-hydroxylation sites is 5. The first-order valence-corrected chi connectivity index (χ1v) is 19.6. The SMILES string of the molecule is CC1(C)c2ccccc2-c2ccc(N(c3ccc(-c4cccc5c4oc4ccccc45)cc3)c3ccc4c(c3)n3c5ccccc5nc3n4-c3ccccc3)cc21. The van der Waals surface area contributed by atoms with Crippen LogP contribution in [0.25, 0.3) is 77.7 Å². The molecule has 270 valence electrons. The summed E-state index contributed by atoms with van der Waals surface area (Å²) in [5.41, 5.74) is 17.7. The Bertz CT molecular complexity index is 3380. The fourth-order valence-corrected chi connectivity index (χ4v) is 9.40. The van der Waals surface area contributed by atoms with Gasteiger partial charge in [-0.3, -0.25) is 8.97 Å². The monoisotopic (exact) mass is 732 g/mol. The van der Waals surface area contributed by atoms with Gasteiger partial charge in [0.2, 0.25) is 5.78 Å². The van der Waals surface area contributed by atoms with Crippen LogP contribution in [0.4, 0.5) is 17.1 Å². The highest BCUT2D eigenvalue weighted by molar-refractivity contribution is 6.09. The number of aromatic nitrogens is 3. The van der Waals surface area contributed by atoms with Crippen LogP contribution in [-0.4, -0.2) is 14.0 Å². The van der Waals surface area contributed by atoms with Gasteiger partial charge in [-0.2, -0.15) is 0 Å². The number of hydrogen-bond donors (Lipinski definition) is 0. The van der Waals surface area contributed by atoms with Crippen LogP contribution in [0.3, 0.4) is 0 Å². The number of hydrogen-bond acceptors (Lipinski definition) is 3. The number of furan rings is 1. The van der Waals surface area contributed by atoms with Crippen molar-refractivity contribution in [2.45, 2.75) is 19.3 Å². The number of fused-ring (bicyclic) bond motifs is 11. The molecule has 0 amide bonds. The quantitative estimate of drug-likeness (QED) is 0.177. The fraction of sp³-hybridized carbons (Fsp3) is 0.0577. The Labute approximate surface area is 329 Å². The lowest BCUT2D eigenvalue weighted by molar-refractivity contribution is 0.660. The first-order chi connectivity index (χ1) is 28.0. The molecule has 12 rings (SSSR count). The summed E-state index contributed by atoms with van der Waals surface area (Å²) in [7, 11) is 0. The summed E-state index contributed by atoms with van der Waals surface area (Å²) < 4.78 is 11.0. The molecule has 11 aromatic rings. The Morgan fingerprint density at radius 1 is 0.509 bits per heavy atom. The largest absolute Gasteiger partial charge is 0.455 e. The van der Waals surface area contributed by atoms with Crippen LogP contribution in [-0.2, 0) is 5.41 Å². The summed E-state index contributed by atoms with van der Waals surface area (Å²) in [5.74, 6) is 0.891. The number of nitrogens with zero attached hydrogens (tertiary/aromatic N) is 4. The normalized spacial score (nSPS) is 13.2. The minimum absolute atomic E-state index is 0.137. The topological polar surface area (TPSA) is 38.6 Å². The van der Waals surface area contributed by atoms with Crippen LogP contribution >= 0.6 is 0 Å². The van der Waals surface area contributed by atoms with Crippen molar-refractivity contribution < 1.29 is 4.42 Å². The molecule has 0 fully saturated rings. The van der Waals surface area contributed by atoms with Gasteiger partial charge in [-0.25, -0.2) is 4.98 Å². The van der Waals surface area contributed by atoms with Gasteiger partial charge >= 0.3 is 0 Å². The zero-order valence-corrected chi connectivity index (χ0v) is 31.5. The molecule has 3 heterocycles. The third kappa shape index (κ3) is 4.60. The number of benzene rings is 8. The van der Waals surface area contributed by atoms with E-state index in [1.807, 2.05) is 12.1 Å². The zero-order chi connectivity index (χ0) is 37.8. The van der Waals surface area contributed by atoms with E-state index in [-0.39, 0.29) is 5.41 Å². The Balaban J connectivity index is 1.07. The second-order valence-corrected chi connectivity index (χ2v) is 15.6.